The lowest BCUT2D eigenvalue weighted by Gasteiger charge is -2.23. The Morgan fingerprint density at radius 2 is 2.00 bits per heavy atom. The van der Waals surface area contributed by atoms with Gasteiger partial charge in [-0.1, -0.05) is 29.3 Å². The number of carboxylic acids is 1. The summed E-state index contributed by atoms with van der Waals surface area (Å²) in [6, 6.07) is 4.65. The van der Waals surface area contributed by atoms with Crippen molar-refractivity contribution < 1.29 is 18.3 Å². The first-order chi connectivity index (χ1) is 8.73. The second-order valence-electron chi connectivity index (χ2n) is 3.91. The van der Waals surface area contributed by atoms with Gasteiger partial charge in [-0.3, -0.25) is 9.10 Å². The maximum atomic E-state index is 11.7. The summed E-state index contributed by atoms with van der Waals surface area (Å²) in [6.45, 7) is 0.0329. The van der Waals surface area contributed by atoms with E-state index >= 15 is 0 Å². The Morgan fingerprint density at radius 3 is 2.53 bits per heavy atom. The van der Waals surface area contributed by atoms with Crippen molar-refractivity contribution in [3.63, 3.8) is 0 Å². The average Bonchev–Trinajstić information content (AvgIpc) is 2.27. The van der Waals surface area contributed by atoms with E-state index in [2.05, 4.69) is 0 Å². The van der Waals surface area contributed by atoms with Crippen LogP contribution in [0.3, 0.4) is 0 Å². The third-order valence-electron chi connectivity index (χ3n) is 2.35. The monoisotopic (exact) mass is 325 g/mol. The Hall–Kier alpha value is -0.980. The summed E-state index contributed by atoms with van der Waals surface area (Å²) in [5.41, 5.74) is 0.252. The van der Waals surface area contributed by atoms with Crippen LogP contribution in [0.1, 0.15) is 12.8 Å². The lowest BCUT2D eigenvalue weighted by atomic mass is 10.3. The number of sulfonamides is 1. The van der Waals surface area contributed by atoms with Gasteiger partial charge in [0, 0.05) is 13.0 Å². The van der Waals surface area contributed by atoms with E-state index in [1.165, 1.54) is 6.07 Å². The van der Waals surface area contributed by atoms with E-state index in [0.717, 1.165) is 10.6 Å². The maximum absolute atomic E-state index is 11.7. The van der Waals surface area contributed by atoms with Crippen LogP contribution in [0.4, 0.5) is 5.69 Å². The second-order valence-corrected chi connectivity index (χ2v) is 6.60. The summed E-state index contributed by atoms with van der Waals surface area (Å²) in [6.07, 6.45) is 1.10. The Morgan fingerprint density at radius 1 is 1.37 bits per heavy atom. The van der Waals surface area contributed by atoms with Crippen molar-refractivity contribution in [3.05, 3.63) is 28.2 Å². The minimum atomic E-state index is -3.56. The molecule has 1 aromatic carbocycles. The molecule has 8 heteroatoms. The second kappa shape index (κ2) is 6.45. The predicted octanol–water partition coefficient (Wildman–Crippen LogP) is 2.62. The van der Waals surface area contributed by atoms with E-state index in [9.17, 15) is 13.2 Å². The van der Waals surface area contributed by atoms with Gasteiger partial charge >= 0.3 is 5.97 Å². The Kier molecular flexibility index (Phi) is 5.46. The minimum absolute atomic E-state index is 0.0329. The van der Waals surface area contributed by atoms with Gasteiger partial charge in [0.1, 0.15) is 0 Å². The molecule has 19 heavy (non-hydrogen) atoms. The molecular formula is C11H13Cl2NO4S. The molecule has 5 nitrogen and oxygen atoms in total. The van der Waals surface area contributed by atoms with Crippen LogP contribution in [-0.2, 0) is 14.8 Å². The lowest BCUT2D eigenvalue weighted by molar-refractivity contribution is -0.137. The Balaban J connectivity index is 3.04. The summed E-state index contributed by atoms with van der Waals surface area (Å²) in [5.74, 6) is -0.981. The quantitative estimate of drug-likeness (QED) is 0.872. The molecule has 0 radical (unpaired) electrons. The zero-order valence-corrected chi connectivity index (χ0v) is 12.5. The first kappa shape index (κ1) is 16.1. The fourth-order valence-electron chi connectivity index (χ4n) is 1.52. The van der Waals surface area contributed by atoms with Crippen LogP contribution in [0.2, 0.25) is 10.0 Å². The molecule has 0 atom stereocenters. The van der Waals surface area contributed by atoms with Crippen LogP contribution >= 0.6 is 23.2 Å². The topological polar surface area (TPSA) is 74.7 Å². The summed E-state index contributed by atoms with van der Waals surface area (Å²) >= 11 is 11.8. The van der Waals surface area contributed by atoms with E-state index in [1.807, 2.05) is 0 Å². The van der Waals surface area contributed by atoms with Crippen molar-refractivity contribution in [2.45, 2.75) is 12.8 Å². The van der Waals surface area contributed by atoms with Crippen molar-refractivity contribution >= 4 is 44.9 Å². The van der Waals surface area contributed by atoms with E-state index in [-0.39, 0.29) is 35.1 Å². The van der Waals surface area contributed by atoms with Gasteiger partial charge in [-0.05, 0) is 18.6 Å². The highest BCUT2D eigenvalue weighted by Gasteiger charge is 2.20. The number of nitrogens with zero attached hydrogens (tertiary/aromatic N) is 1. The van der Waals surface area contributed by atoms with Crippen molar-refractivity contribution in [2.24, 2.45) is 0 Å². The molecule has 0 aliphatic rings. The fourth-order valence-corrected chi connectivity index (χ4v) is 2.94. The molecular weight excluding hydrogens is 313 g/mol. The predicted molar refractivity (Wildman–Crippen MR) is 75.5 cm³/mol. The van der Waals surface area contributed by atoms with Crippen LogP contribution in [0, 0.1) is 0 Å². The Bertz CT molecular complexity index is 574. The van der Waals surface area contributed by atoms with Crippen LogP contribution in [0.25, 0.3) is 0 Å². The average molecular weight is 326 g/mol. The lowest BCUT2D eigenvalue weighted by Crippen LogP contribution is -2.31. The van der Waals surface area contributed by atoms with Gasteiger partial charge in [0.05, 0.1) is 22.0 Å². The number of carboxylic acid groups (broad SMARTS) is 1. The molecule has 0 fully saturated rings. The first-order valence-corrected chi connectivity index (χ1v) is 7.97. The molecule has 1 rings (SSSR count). The van der Waals surface area contributed by atoms with Crippen molar-refractivity contribution in [1.82, 2.24) is 0 Å². The molecule has 0 spiro atoms. The molecule has 1 N–H and O–H groups in total. The molecule has 0 amide bonds. The summed E-state index contributed by atoms with van der Waals surface area (Å²) in [5, 5.41) is 8.95. The highest BCUT2D eigenvalue weighted by molar-refractivity contribution is 7.92. The highest BCUT2D eigenvalue weighted by Crippen LogP contribution is 2.33. The highest BCUT2D eigenvalue weighted by atomic mass is 35.5. The number of carbonyl (C=O) groups is 1. The Labute approximate surface area is 121 Å². The zero-order chi connectivity index (χ0) is 14.6. The molecule has 0 unspecified atom stereocenters. The third kappa shape index (κ3) is 4.56. The molecule has 0 saturated heterocycles. The van der Waals surface area contributed by atoms with Gasteiger partial charge in [-0.2, -0.15) is 0 Å². The number of anilines is 1. The smallest absolute Gasteiger partial charge is 0.303 e. The molecule has 0 saturated carbocycles. The standard InChI is InChI=1S/C11H13Cl2NO4S/c1-19(17,18)14(7-3-6-10(15)16)9-5-2-4-8(12)11(9)13/h2,4-5H,3,6-7H2,1H3,(H,15,16). The summed E-state index contributed by atoms with van der Waals surface area (Å²) in [7, 11) is -3.56. The number of hydrogen-bond donors (Lipinski definition) is 1. The van der Waals surface area contributed by atoms with Crippen LogP contribution in [0.15, 0.2) is 18.2 Å². The molecule has 0 aromatic heterocycles. The normalized spacial score (nSPS) is 11.3. The maximum Gasteiger partial charge on any atom is 0.303 e. The number of benzene rings is 1. The van der Waals surface area contributed by atoms with Crippen molar-refractivity contribution in [1.29, 1.82) is 0 Å². The minimum Gasteiger partial charge on any atom is -0.481 e. The first-order valence-electron chi connectivity index (χ1n) is 5.37. The number of hydrogen-bond acceptors (Lipinski definition) is 3. The van der Waals surface area contributed by atoms with E-state index in [0.29, 0.717) is 0 Å². The molecule has 0 heterocycles. The number of aliphatic carboxylic acids is 1. The largest absolute Gasteiger partial charge is 0.481 e. The summed E-state index contributed by atoms with van der Waals surface area (Å²) in [4.78, 5) is 10.5. The van der Waals surface area contributed by atoms with Crippen LogP contribution in [0.5, 0.6) is 0 Å². The molecule has 0 bridgehead atoms. The summed E-state index contributed by atoms with van der Waals surface area (Å²) < 4.78 is 24.6. The van der Waals surface area contributed by atoms with Gasteiger partial charge in [0.25, 0.3) is 0 Å². The van der Waals surface area contributed by atoms with Crippen LogP contribution < -0.4 is 4.31 Å². The van der Waals surface area contributed by atoms with Gasteiger partial charge in [-0.15, -0.1) is 0 Å². The molecule has 0 aliphatic carbocycles. The zero-order valence-electron chi connectivity index (χ0n) is 10.1. The van der Waals surface area contributed by atoms with Crippen LogP contribution in [-0.4, -0.2) is 32.3 Å². The van der Waals surface area contributed by atoms with Crippen molar-refractivity contribution in [2.75, 3.05) is 17.1 Å². The number of halogens is 2. The SMILES string of the molecule is CS(=O)(=O)N(CCCC(=O)O)c1cccc(Cl)c1Cl. The van der Waals surface area contributed by atoms with E-state index in [4.69, 9.17) is 28.3 Å². The van der Waals surface area contributed by atoms with E-state index in [1.54, 1.807) is 12.1 Å². The fraction of sp³-hybridized carbons (Fsp3) is 0.364. The van der Waals surface area contributed by atoms with Gasteiger partial charge in [0.15, 0.2) is 0 Å². The van der Waals surface area contributed by atoms with E-state index < -0.39 is 16.0 Å². The third-order valence-corrected chi connectivity index (χ3v) is 4.34. The molecule has 1 aromatic rings. The van der Waals surface area contributed by atoms with Gasteiger partial charge in [0.2, 0.25) is 10.0 Å². The number of rotatable bonds is 6. The molecule has 0 aliphatic heterocycles. The van der Waals surface area contributed by atoms with Crippen molar-refractivity contribution in [3.8, 4) is 0 Å². The van der Waals surface area contributed by atoms with Gasteiger partial charge in [-0.25, -0.2) is 8.42 Å². The molecule has 106 valence electrons. The van der Waals surface area contributed by atoms with Gasteiger partial charge < -0.3 is 5.11 Å².